The van der Waals surface area contributed by atoms with Crippen molar-refractivity contribution in [2.45, 2.75) is 341 Å². The monoisotopic (exact) mass is 1060 g/mol. The first-order valence-electron chi connectivity index (χ1n) is 32.9. The summed E-state index contributed by atoms with van der Waals surface area (Å²) >= 11 is 0. The highest BCUT2D eigenvalue weighted by molar-refractivity contribution is 5.71. The molecule has 0 heterocycles. The molecule has 0 fully saturated rings. The zero-order chi connectivity index (χ0) is 55.0. The molecule has 6 heteroatoms. The molecule has 1 atom stereocenters. The molecule has 0 N–H and O–H groups in total. The van der Waals surface area contributed by atoms with Crippen LogP contribution in [-0.2, 0) is 28.6 Å². The second kappa shape index (κ2) is 64.4. The first kappa shape index (κ1) is 72.8. The van der Waals surface area contributed by atoms with Gasteiger partial charge in [-0.3, -0.25) is 14.4 Å². The summed E-state index contributed by atoms with van der Waals surface area (Å²) in [5, 5.41) is 0. The van der Waals surface area contributed by atoms with Crippen LogP contribution >= 0.6 is 0 Å². The van der Waals surface area contributed by atoms with Gasteiger partial charge in [-0.05, 0) is 109 Å². The number of esters is 3. The minimum atomic E-state index is -0.785. The minimum Gasteiger partial charge on any atom is -0.462 e. The van der Waals surface area contributed by atoms with Gasteiger partial charge in [0, 0.05) is 19.3 Å². The van der Waals surface area contributed by atoms with Crippen molar-refractivity contribution in [1.82, 2.24) is 0 Å². The highest BCUT2D eigenvalue weighted by Gasteiger charge is 2.19. The van der Waals surface area contributed by atoms with Crippen LogP contribution in [0.4, 0.5) is 0 Å². The third-order valence-corrected chi connectivity index (χ3v) is 14.4. The van der Waals surface area contributed by atoms with Gasteiger partial charge in [-0.15, -0.1) is 0 Å². The molecule has 0 bridgehead atoms. The number of allylic oxidation sites excluding steroid dienone is 12. The molecule has 0 amide bonds. The van der Waals surface area contributed by atoms with E-state index in [9.17, 15) is 14.4 Å². The Hall–Kier alpha value is -3.15. The lowest BCUT2D eigenvalue weighted by atomic mass is 10.0. The van der Waals surface area contributed by atoms with Gasteiger partial charge in [0.1, 0.15) is 13.2 Å². The average Bonchev–Trinajstić information content (AvgIpc) is 3.42. The van der Waals surface area contributed by atoms with Crippen LogP contribution in [0, 0.1) is 0 Å². The summed E-state index contributed by atoms with van der Waals surface area (Å²) in [6.07, 6.45) is 83.4. The summed E-state index contributed by atoms with van der Waals surface area (Å²) in [5.74, 6) is -0.882. The number of hydrogen-bond donors (Lipinski definition) is 0. The van der Waals surface area contributed by atoms with Gasteiger partial charge in [-0.2, -0.15) is 0 Å². The molecule has 0 aliphatic carbocycles. The number of ether oxygens (including phenoxy) is 3. The van der Waals surface area contributed by atoms with E-state index < -0.39 is 6.10 Å². The van der Waals surface area contributed by atoms with E-state index in [0.29, 0.717) is 19.3 Å². The number of carbonyl (C=O) groups excluding carboxylic acids is 3. The van der Waals surface area contributed by atoms with Crippen molar-refractivity contribution in [3.8, 4) is 0 Å². The van der Waals surface area contributed by atoms with Crippen LogP contribution in [0.5, 0.6) is 0 Å². The van der Waals surface area contributed by atoms with Crippen molar-refractivity contribution in [2.75, 3.05) is 13.2 Å². The van der Waals surface area contributed by atoms with Gasteiger partial charge in [0.25, 0.3) is 0 Å². The van der Waals surface area contributed by atoms with E-state index in [-0.39, 0.29) is 31.1 Å². The van der Waals surface area contributed by atoms with Gasteiger partial charge >= 0.3 is 17.9 Å². The Balaban J connectivity index is 4.33. The van der Waals surface area contributed by atoms with Crippen molar-refractivity contribution >= 4 is 17.9 Å². The number of hydrogen-bond acceptors (Lipinski definition) is 6. The maximum Gasteiger partial charge on any atom is 0.306 e. The molecule has 440 valence electrons. The van der Waals surface area contributed by atoms with E-state index in [1.54, 1.807) is 0 Å². The first-order valence-corrected chi connectivity index (χ1v) is 32.9. The van der Waals surface area contributed by atoms with Crippen molar-refractivity contribution in [3.05, 3.63) is 72.9 Å². The Labute approximate surface area is 472 Å². The molecular formula is C70H124O6. The normalized spacial score (nSPS) is 12.5. The quantitative estimate of drug-likeness (QED) is 0.0261. The molecule has 76 heavy (non-hydrogen) atoms. The molecule has 0 radical (unpaired) electrons. The number of rotatable bonds is 60. The first-order chi connectivity index (χ1) is 37.5. The predicted molar refractivity (Wildman–Crippen MR) is 330 cm³/mol. The summed E-state index contributed by atoms with van der Waals surface area (Å²) in [4.78, 5) is 38.4. The van der Waals surface area contributed by atoms with Crippen LogP contribution in [0.2, 0.25) is 0 Å². The molecule has 0 saturated carbocycles. The van der Waals surface area contributed by atoms with E-state index in [2.05, 4.69) is 93.7 Å². The summed E-state index contributed by atoms with van der Waals surface area (Å²) in [6, 6.07) is 0. The molecule has 0 saturated heterocycles. The molecule has 0 aliphatic rings. The van der Waals surface area contributed by atoms with E-state index in [0.717, 1.165) is 96.3 Å². The minimum absolute atomic E-state index is 0.0799. The van der Waals surface area contributed by atoms with Crippen LogP contribution in [0.3, 0.4) is 0 Å². The molecule has 0 aromatic heterocycles. The molecule has 1 unspecified atom stereocenters. The third kappa shape index (κ3) is 61.7. The molecule has 0 spiro atoms. The van der Waals surface area contributed by atoms with Gasteiger partial charge < -0.3 is 14.2 Å². The largest absolute Gasteiger partial charge is 0.462 e. The fraction of sp³-hybridized carbons (Fsp3) is 0.786. The van der Waals surface area contributed by atoms with E-state index in [4.69, 9.17) is 14.2 Å². The van der Waals surface area contributed by atoms with Crippen molar-refractivity contribution in [2.24, 2.45) is 0 Å². The van der Waals surface area contributed by atoms with E-state index in [1.807, 2.05) is 0 Å². The average molecular weight is 1060 g/mol. The van der Waals surface area contributed by atoms with Crippen LogP contribution < -0.4 is 0 Å². The highest BCUT2D eigenvalue weighted by Crippen LogP contribution is 2.17. The van der Waals surface area contributed by atoms with Crippen molar-refractivity contribution in [3.63, 3.8) is 0 Å². The molecule has 0 aromatic rings. The Bertz CT molecular complexity index is 1400. The fourth-order valence-corrected chi connectivity index (χ4v) is 9.48. The Kier molecular flexibility index (Phi) is 61.7. The Morgan fingerprint density at radius 3 is 0.816 bits per heavy atom. The molecule has 6 nitrogen and oxygen atoms in total. The summed E-state index contributed by atoms with van der Waals surface area (Å²) in [7, 11) is 0. The molecular weight excluding hydrogens is 937 g/mol. The maximum atomic E-state index is 12.9. The van der Waals surface area contributed by atoms with Gasteiger partial charge in [-0.25, -0.2) is 0 Å². The lowest BCUT2D eigenvalue weighted by molar-refractivity contribution is -0.167. The van der Waals surface area contributed by atoms with E-state index >= 15 is 0 Å². The summed E-state index contributed by atoms with van der Waals surface area (Å²) in [6.45, 7) is 6.55. The molecule has 0 aliphatic heterocycles. The van der Waals surface area contributed by atoms with Crippen LogP contribution in [0.25, 0.3) is 0 Å². The Morgan fingerprint density at radius 2 is 0.513 bits per heavy atom. The standard InChI is InChI=1S/C70H124O6/c1-4-7-10-13-16-19-22-25-28-30-32-34-35-37-38-40-42-45-48-51-54-57-60-63-69(72)75-66-67(65-74-68(71)62-59-56-53-50-47-44-27-24-21-18-15-12-9-6-3)76-70(73)64-61-58-55-52-49-46-43-41-39-36-33-31-29-26-23-20-17-14-11-8-5-2/h8,11,17,20,24,26-27,29-30,32-33,36,67H,4-7,9-10,12-16,18-19,21-23,25,28,31,34-35,37-66H2,1-3H3/b11-8-,20-17-,27-24-,29-26-,32-30-,36-33-. The maximum absolute atomic E-state index is 12.9. The van der Waals surface area contributed by atoms with Gasteiger partial charge in [-0.1, -0.05) is 280 Å². The lowest BCUT2D eigenvalue weighted by Gasteiger charge is -2.18. The Morgan fingerprint density at radius 1 is 0.276 bits per heavy atom. The second-order valence-corrected chi connectivity index (χ2v) is 22.0. The molecule has 0 aromatic carbocycles. The van der Waals surface area contributed by atoms with Crippen LogP contribution in [-0.4, -0.2) is 37.2 Å². The van der Waals surface area contributed by atoms with Crippen molar-refractivity contribution in [1.29, 1.82) is 0 Å². The second-order valence-electron chi connectivity index (χ2n) is 22.0. The van der Waals surface area contributed by atoms with Gasteiger partial charge in [0.05, 0.1) is 0 Å². The lowest BCUT2D eigenvalue weighted by Crippen LogP contribution is -2.30. The van der Waals surface area contributed by atoms with Crippen molar-refractivity contribution < 1.29 is 28.6 Å². The zero-order valence-electron chi connectivity index (χ0n) is 50.5. The summed E-state index contributed by atoms with van der Waals surface area (Å²) < 4.78 is 16.9. The van der Waals surface area contributed by atoms with Gasteiger partial charge in [0.15, 0.2) is 6.10 Å². The number of carbonyl (C=O) groups is 3. The highest BCUT2D eigenvalue weighted by atomic mass is 16.6. The van der Waals surface area contributed by atoms with Gasteiger partial charge in [0.2, 0.25) is 0 Å². The third-order valence-electron chi connectivity index (χ3n) is 14.4. The fourth-order valence-electron chi connectivity index (χ4n) is 9.48. The topological polar surface area (TPSA) is 78.9 Å². The molecule has 0 rings (SSSR count). The SMILES string of the molecule is CC/C=C\C/C=C\C/C=C\C/C=C\CCCCCCCCCCC(=O)OC(COC(=O)CCCCCCC/C=C\CCCCCCC)COC(=O)CCCCCCCCCCCCC/C=C\CCCCCCCCCC. The predicted octanol–water partition coefficient (Wildman–Crippen LogP) is 22.5. The summed E-state index contributed by atoms with van der Waals surface area (Å²) in [5.41, 5.74) is 0. The van der Waals surface area contributed by atoms with E-state index in [1.165, 1.54) is 199 Å². The van der Waals surface area contributed by atoms with Crippen LogP contribution in [0.1, 0.15) is 335 Å². The number of unbranched alkanes of at least 4 members (excludes halogenated alkanes) is 37. The zero-order valence-corrected chi connectivity index (χ0v) is 50.5. The van der Waals surface area contributed by atoms with Crippen LogP contribution in [0.15, 0.2) is 72.9 Å². The smallest absolute Gasteiger partial charge is 0.306 e.